The predicted octanol–water partition coefficient (Wildman–Crippen LogP) is -0.0406. The first-order valence-electron chi connectivity index (χ1n) is 6.40. The van der Waals surface area contributed by atoms with Crippen molar-refractivity contribution in [2.24, 2.45) is 5.92 Å². The molecule has 1 fully saturated rings. The average Bonchev–Trinajstić information content (AvgIpc) is 2.36. The van der Waals surface area contributed by atoms with Crippen molar-refractivity contribution in [3.05, 3.63) is 0 Å². The third-order valence-electron chi connectivity index (χ3n) is 3.17. The molecule has 0 aromatic carbocycles. The lowest BCUT2D eigenvalue weighted by atomic mass is 10.0. The van der Waals surface area contributed by atoms with Crippen LogP contribution in [0.4, 0.5) is 4.79 Å². The molecule has 1 rings (SSSR count). The van der Waals surface area contributed by atoms with Gasteiger partial charge < -0.3 is 4.90 Å². The van der Waals surface area contributed by atoms with Gasteiger partial charge in [0.25, 0.3) is 0 Å². The number of nitrogens with one attached hydrogen (secondary N) is 1. The third-order valence-corrected chi connectivity index (χ3v) is 3.17. The van der Waals surface area contributed by atoms with Gasteiger partial charge in [-0.2, -0.15) is 0 Å². The Labute approximate surface area is 111 Å². The van der Waals surface area contributed by atoms with Crippen LogP contribution in [0.25, 0.3) is 0 Å². The maximum atomic E-state index is 12.0. The molecule has 7 nitrogen and oxygen atoms in total. The molecule has 0 saturated carbocycles. The second kappa shape index (κ2) is 6.31. The van der Waals surface area contributed by atoms with Crippen LogP contribution in [0.1, 0.15) is 27.2 Å². The van der Waals surface area contributed by atoms with Gasteiger partial charge in [-0.1, -0.05) is 6.92 Å². The summed E-state index contributed by atoms with van der Waals surface area (Å²) in [5.41, 5.74) is 0. The molecule has 1 saturated heterocycles. The van der Waals surface area contributed by atoms with Crippen molar-refractivity contribution in [3.8, 4) is 0 Å². The molecular weight excluding hydrogens is 250 g/mol. The molecule has 0 aromatic heterocycles. The van der Waals surface area contributed by atoms with E-state index in [4.69, 9.17) is 0 Å². The normalized spacial score (nSPS) is 19.4. The number of likely N-dealkylation sites (N-methyl/N-ethyl adjacent to an activating group) is 1. The van der Waals surface area contributed by atoms with Gasteiger partial charge in [0.2, 0.25) is 17.7 Å². The molecule has 1 unspecified atom stereocenters. The summed E-state index contributed by atoms with van der Waals surface area (Å²) in [4.78, 5) is 49.3. The quantitative estimate of drug-likeness (QED) is 0.709. The van der Waals surface area contributed by atoms with Gasteiger partial charge in [-0.3, -0.25) is 24.6 Å². The zero-order chi connectivity index (χ0) is 14.6. The highest BCUT2D eigenvalue weighted by molar-refractivity contribution is 6.17. The Balaban J connectivity index is 2.81. The standard InChI is InChI=1S/C12H19N3O4/c1-4-8-10(17)13-12(19)15(11(8)18)7-9(16)14(5-2)6-3/h8H,4-7H2,1-3H3,(H,13,17,19). The van der Waals surface area contributed by atoms with Crippen molar-refractivity contribution in [1.29, 1.82) is 0 Å². The van der Waals surface area contributed by atoms with Crippen LogP contribution >= 0.6 is 0 Å². The molecule has 1 atom stereocenters. The molecule has 0 spiro atoms. The summed E-state index contributed by atoms with van der Waals surface area (Å²) in [5, 5.41) is 2.10. The lowest BCUT2D eigenvalue weighted by Gasteiger charge is -2.30. The molecule has 106 valence electrons. The van der Waals surface area contributed by atoms with Crippen LogP contribution in [-0.2, 0) is 14.4 Å². The molecule has 1 heterocycles. The zero-order valence-electron chi connectivity index (χ0n) is 11.4. The van der Waals surface area contributed by atoms with Gasteiger partial charge in [-0.15, -0.1) is 0 Å². The molecule has 0 aromatic rings. The first-order valence-corrected chi connectivity index (χ1v) is 6.40. The minimum Gasteiger partial charge on any atom is -0.342 e. The number of nitrogens with zero attached hydrogens (tertiary/aromatic N) is 2. The van der Waals surface area contributed by atoms with E-state index in [1.165, 1.54) is 4.90 Å². The minimum absolute atomic E-state index is 0.300. The summed E-state index contributed by atoms with van der Waals surface area (Å²) in [5.74, 6) is -2.39. The summed E-state index contributed by atoms with van der Waals surface area (Å²) in [7, 11) is 0. The Kier molecular flexibility index (Phi) is 5.02. The van der Waals surface area contributed by atoms with Crippen molar-refractivity contribution >= 4 is 23.8 Å². The molecule has 0 bridgehead atoms. The Morgan fingerprint density at radius 1 is 1.21 bits per heavy atom. The number of hydrogen-bond donors (Lipinski definition) is 1. The number of imide groups is 2. The average molecular weight is 269 g/mol. The van der Waals surface area contributed by atoms with Crippen LogP contribution < -0.4 is 5.32 Å². The minimum atomic E-state index is -0.887. The fourth-order valence-electron chi connectivity index (χ4n) is 1.98. The van der Waals surface area contributed by atoms with E-state index in [0.29, 0.717) is 19.5 Å². The van der Waals surface area contributed by atoms with Crippen LogP contribution in [0.3, 0.4) is 0 Å². The Morgan fingerprint density at radius 2 is 1.79 bits per heavy atom. The van der Waals surface area contributed by atoms with Crippen LogP contribution in [-0.4, -0.2) is 53.2 Å². The Morgan fingerprint density at radius 3 is 2.26 bits per heavy atom. The lowest BCUT2D eigenvalue weighted by Crippen LogP contribution is -2.59. The van der Waals surface area contributed by atoms with E-state index in [0.717, 1.165) is 4.90 Å². The van der Waals surface area contributed by atoms with E-state index < -0.39 is 23.8 Å². The monoisotopic (exact) mass is 269 g/mol. The Bertz CT molecular complexity index is 404. The number of barbiturate groups is 1. The topological polar surface area (TPSA) is 86.8 Å². The van der Waals surface area contributed by atoms with Crippen molar-refractivity contribution < 1.29 is 19.2 Å². The van der Waals surface area contributed by atoms with Crippen molar-refractivity contribution in [2.45, 2.75) is 27.2 Å². The molecule has 1 aliphatic rings. The van der Waals surface area contributed by atoms with Gasteiger partial charge in [0, 0.05) is 13.1 Å². The van der Waals surface area contributed by atoms with Crippen LogP contribution in [0, 0.1) is 5.92 Å². The number of urea groups is 1. The van der Waals surface area contributed by atoms with Gasteiger partial charge in [-0.05, 0) is 20.3 Å². The summed E-state index contributed by atoms with van der Waals surface area (Å²) in [6.07, 6.45) is 0.300. The molecular formula is C12H19N3O4. The molecule has 0 aliphatic carbocycles. The van der Waals surface area contributed by atoms with Gasteiger partial charge in [0.1, 0.15) is 12.5 Å². The van der Waals surface area contributed by atoms with Gasteiger partial charge in [0.05, 0.1) is 0 Å². The highest BCUT2D eigenvalue weighted by Gasteiger charge is 2.40. The molecule has 5 amide bonds. The number of amides is 5. The van der Waals surface area contributed by atoms with Gasteiger partial charge in [-0.25, -0.2) is 4.79 Å². The summed E-state index contributed by atoms with van der Waals surface area (Å²) < 4.78 is 0. The fourth-order valence-corrected chi connectivity index (χ4v) is 1.98. The largest absolute Gasteiger partial charge is 0.342 e. The number of rotatable bonds is 5. The second-order valence-corrected chi connectivity index (χ2v) is 4.25. The third kappa shape index (κ3) is 3.10. The summed E-state index contributed by atoms with van der Waals surface area (Å²) >= 11 is 0. The first-order chi connectivity index (χ1) is 8.96. The highest BCUT2D eigenvalue weighted by atomic mass is 16.2. The fraction of sp³-hybridized carbons (Fsp3) is 0.667. The SMILES string of the molecule is CCC1C(=O)NC(=O)N(CC(=O)N(CC)CC)C1=O. The van der Waals surface area contributed by atoms with E-state index in [-0.39, 0.29) is 12.5 Å². The maximum Gasteiger partial charge on any atom is 0.331 e. The molecule has 19 heavy (non-hydrogen) atoms. The second-order valence-electron chi connectivity index (χ2n) is 4.25. The number of carbonyl (C=O) groups excluding carboxylic acids is 4. The summed E-state index contributed by atoms with van der Waals surface area (Å²) in [6, 6.07) is -0.819. The van der Waals surface area contributed by atoms with E-state index >= 15 is 0 Å². The van der Waals surface area contributed by atoms with Crippen LogP contribution in [0.5, 0.6) is 0 Å². The number of carbonyl (C=O) groups is 4. The highest BCUT2D eigenvalue weighted by Crippen LogP contribution is 2.13. The lowest BCUT2D eigenvalue weighted by molar-refractivity contribution is -0.146. The van der Waals surface area contributed by atoms with Crippen molar-refractivity contribution in [1.82, 2.24) is 15.1 Å². The first kappa shape index (κ1) is 15.1. The van der Waals surface area contributed by atoms with Gasteiger partial charge >= 0.3 is 6.03 Å². The molecule has 0 radical (unpaired) electrons. The molecule has 1 aliphatic heterocycles. The molecule has 1 N–H and O–H groups in total. The maximum absolute atomic E-state index is 12.0. The number of hydrogen-bond acceptors (Lipinski definition) is 4. The Hall–Kier alpha value is -1.92. The van der Waals surface area contributed by atoms with Crippen LogP contribution in [0.2, 0.25) is 0 Å². The summed E-state index contributed by atoms with van der Waals surface area (Å²) in [6.45, 7) is 6.01. The smallest absolute Gasteiger partial charge is 0.331 e. The van der Waals surface area contributed by atoms with Crippen molar-refractivity contribution in [3.63, 3.8) is 0 Å². The predicted molar refractivity (Wildman–Crippen MR) is 67.0 cm³/mol. The van der Waals surface area contributed by atoms with E-state index in [1.54, 1.807) is 6.92 Å². The van der Waals surface area contributed by atoms with E-state index in [1.807, 2.05) is 13.8 Å². The molecule has 7 heteroatoms. The van der Waals surface area contributed by atoms with Crippen molar-refractivity contribution in [2.75, 3.05) is 19.6 Å². The van der Waals surface area contributed by atoms with E-state index in [2.05, 4.69) is 5.32 Å². The van der Waals surface area contributed by atoms with E-state index in [9.17, 15) is 19.2 Å². The van der Waals surface area contributed by atoms with Crippen LogP contribution in [0.15, 0.2) is 0 Å². The van der Waals surface area contributed by atoms with Gasteiger partial charge in [0.15, 0.2) is 0 Å². The zero-order valence-corrected chi connectivity index (χ0v) is 11.4.